The number of hydrogen-bond donors (Lipinski definition) is 0. The maximum atomic E-state index is 12.7. The molecule has 4 atom stereocenters. The third kappa shape index (κ3) is 2.53. The molecular formula is C18H24N2O2S2. The van der Waals surface area contributed by atoms with E-state index in [2.05, 4.69) is 0 Å². The van der Waals surface area contributed by atoms with Gasteiger partial charge in [-0.05, 0) is 25.7 Å². The minimum Gasteiger partial charge on any atom is -0.304 e. The topological polar surface area (TPSA) is 40.6 Å². The van der Waals surface area contributed by atoms with E-state index in [0.717, 1.165) is 48.5 Å². The molecule has 2 saturated heterocycles. The van der Waals surface area contributed by atoms with Gasteiger partial charge in [-0.15, -0.1) is 0 Å². The van der Waals surface area contributed by atoms with Gasteiger partial charge in [0, 0.05) is 36.8 Å². The van der Waals surface area contributed by atoms with Gasteiger partial charge in [0.15, 0.2) is 0 Å². The first-order valence-corrected chi connectivity index (χ1v) is 10.1. The number of fused-ring (bicyclic) bond motifs is 2. The molecular weight excluding hydrogens is 340 g/mol. The van der Waals surface area contributed by atoms with Crippen LogP contribution in [0.25, 0.3) is 0 Å². The molecule has 0 aromatic heterocycles. The van der Waals surface area contributed by atoms with Crippen molar-refractivity contribution in [3.05, 3.63) is 0 Å². The third-order valence-corrected chi connectivity index (χ3v) is 7.46. The van der Waals surface area contributed by atoms with Crippen molar-refractivity contribution < 1.29 is 9.59 Å². The van der Waals surface area contributed by atoms with E-state index in [-0.39, 0.29) is 35.5 Å². The van der Waals surface area contributed by atoms with Crippen molar-refractivity contribution in [3.8, 4) is 0 Å². The van der Waals surface area contributed by atoms with Gasteiger partial charge in [0.2, 0.25) is 11.8 Å². The molecule has 0 bridgehead atoms. The number of likely N-dealkylation sites (tertiary alicyclic amines) is 2. The van der Waals surface area contributed by atoms with E-state index in [1.807, 2.05) is 0 Å². The van der Waals surface area contributed by atoms with Crippen LogP contribution in [0.2, 0.25) is 0 Å². The van der Waals surface area contributed by atoms with E-state index in [0.29, 0.717) is 13.1 Å². The van der Waals surface area contributed by atoms with E-state index < -0.39 is 0 Å². The summed E-state index contributed by atoms with van der Waals surface area (Å²) in [5.41, 5.74) is 0. The van der Waals surface area contributed by atoms with Crippen LogP contribution in [0.15, 0.2) is 0 Å². The molecule has 0 N–H and O–H groups in total. The van der Waals surface area contributed by atoms with Gasteiger partial charge in [-0.1, -0.05) is 50.1 Å². The predicted octanol–water partition coefficient (Wildman–Crippen LogP) is 2.94. The number of rotatable bonds is 3. The lowest BCUT2D eigenvalue weighted by Gasteiger charge is -2.23. The lowest BCUT2D eigenvalue weighted by Crippen LogP contribution is -2.40. The number of thiocarbonyl (C=S) groups is 2. The first-order valence-electron chi connectivity index (χ1n) is 9.30. The number of carbonyl (C=O) groups excluding carboxylic acids is 2. The second kappa shape index (κ2) is 6.45. The molecule has 0 radical (unpaired) electrons. The predicted molar refractivity (Wildman–Crippen MR) is 99.5 cm³/mol. The summed E-state index contributed by atoms with van der Waals surface area (Å²) in [4.78, 5) is 30.5. The Morgan fingerprint density at radius 2 is 1.00 bits per heavy atom. The average Bonchev–Trinajstić information content (AvgIpc) is 3.00. The fourth-order valence-electron chi connectivity index (χ4n) is 5.10. The maximum Gasteiger partial charge on any atom is 0.231 e. The number of nitrogens with zero attached hydrogens (tertiary/aromatic N) is 2. The third-order valence-electron chi connectivity index (χ3n) is 6.41. The molecule has 24 heavy (non-hydrogen) atoms. The fraction of sp³-hybridized carbons (Fsp3) is 0.778. The molecule has 2 aliphatic heterocycles. The Kier molecular flexibility index (Phi) is 4.45. The monoisotopic (exact) mass is 364 g/mol. The minimum absolute atomic E-state index is 0.0926. The van der Waals surface area contributed by atoms with E-state index in [1.165, 1.54) is 12.8 Å². The molecule has 4 rings (SSSR count). The van der Waals surface area contributed by atoms with E-state index in [9.17, 15) is 9.59 Å². The molecule has 4 fully saturated rings. The normalized spacial score (nSPS) is 36.3. The van der Waals surface area contributed by atoms with Crippen LogP contribution in [0.3, 0.4) is 0 Å². The number of hydrogen-bond acceptors (Lipinski definition) is 4. The van der Waals surface area contributed by atoms with Crippen LogP contribution in [-0.4, -0.2) is 44.7 Å². The number of amides is 2. The summed E-state index contributed by atoms with van der Waals surface area (Å²) < 4.78 is 0. The van der Waals surface area contributed by atoms with Gasteiger partial charge in [-0.3, -0.25) is 9.59 Å². The van der Waals surface area contributed by atoms with Crippen molar-refractivity contribution in [2.24, 2.45) is 23.7 Å². The van der Waals surface area contributed by atoms with Gasteiger partial charge in [0.25, 0.3) is 0 Å². The van der Waals surface area contributed by atoms with Gasteiger partial charge in [-0.2, -0.15) is 0 Å². The highest BCUT2D eigenvalue weighted by Crippen LogP contribution is 2.40. The van der Waals surface area contributed by atoms with Gasteiger partial charge in [-0.25, -0.2) is 0 Å². The average molecular weight is 365 g/mol. The first-order chi connectivity index (χ1) is 11.6. The van der Waals surface area contributed by atoms with Crippen molar-refractivity contribution in [2.75, 3.05) is 13.1 Å². The lowest BCUT2D eigenvalue weighted by molar-refractivity contribution is -0.133. The number of carbonyl (C=O) groups is 2. The van der Waals surface area contributed by atoms with Crippen LogP contribution < -0.4 is 0 Å². The summed E-state index contributed by atoms with van der Waals surface area (Å²) in [6, 6.07) is 0. The highest BCUT2D eigenvalue weighted by atomic mass is 32.1. The van der Waals surface area contributed by atoms with Crippen LogP contribution >= 0.6 is 24.4 Å². The summed E-state index contributed by atoms with van der Waals surface area (Å²) in [7, 11) is 0. The zero-order valence-electron chi connectivity index (χ0n) is 13.9. The van der Waals surface area contributed by atoms with E-state index in [1.54, 1.807) is 9.80 Å². The lowest BCUT2D eigenvalue weighted by atomic mass is 9.81. The zero-order chi connectivity index (χ0) is 16.8. The SMILES string of the molecule is O=C1C2CCCCC2C(=S)N1CCN1C(=O)C2CCCCC2C1=S. The minimum atomic E-state index is 0.0926. The summed E-state index contributed by atoms with van der Waals surface area (Å²) in [6.07, 6.45) is 8.59. The molecule has 4 aliphatic rings. The standard InChI is InChI=1S/C18H24N2O2S2/c21-15-11-5-1-3-7-13(11)17(23)19(15)9-10-20-16(22)12-6-2-4-8-14(12)18(20)24/h11-14H,1-10H2. The van der Waals surface area contributed by atoms with Gasteiger partial charge < -0.3 is 9.80 Å². The van der Waals surface area contributed by atoms with Crippen molar-refractivity contribution in [1.82, 2.24) is 9.80 Å². The Morgan fingerprint density at radius 1 is 0.667 bits per heavy atom. The molecule has 2 saturated carbocycles. The van der Waals surface area contributed by atoms with E-state index >= 15 is 0 Å². The zero-order valence-corrected chi connectivity index (χ0v) is 15.5. The van der Waals surface area contributed by atoms with Crippen molar-refractivity contribution in [1.29, 1.82) is 0 Å². The van der Waals surface area contributed by atoms with Crippen LogP contribution in [0.1, 0.15) is 51.4 Å². The Bertz CT molecular complexity index is 506. The molecule has 4 unspecified atom stereocenters. The Labute approximate surface area is 153 Å². The summed E-state index contributed by atoms with van der Waals surface area (Å²) >= 11 is 11.2. The van der Waals surface area contributed by atoms with Gasteiger partial charge in [0.1, 0.15) is 0 Å². The first kappa shape index (κ1) is 16.6. The molecule has 0 aromatic carbocycles. The molecule has 0 aromatic rings. The smallest absolute Gasteiger partial charge is 0.231 e. The molecule has 2 aliphatic carbocycles. The molecule has 2 amide bonds. The Hall–Kier alpha value is -0.880. The molecule has 0 spiro atoms. The summed E-state index contributed by atoms with van der Waals surface area (Å²) in [6.45, 7) is 1.02. The van der Waals surface area contributed by atoms with Crippen LogP contribution in [0, 0.1) is 23.7 Å². The Morgan fingerprint density at radius 3 is 1.33 bits per heavy atom. The van der Waals surface area contributed by atoms with Gasteiger partial charge >= 0.3 is 0 Å². The molecule has 6 heteroatoms. The van der Waals surface area contributed by atoms with Crippen LogP contribution in [0.5, 0.6) is 0 Å². The van der Waals surface area contributed by atoms with Crippen LogP contribution in [0.4, 0.5) is 0 Å². The van der Waals surface area contributed by atoms with Crippen molar-refractivity contribution in [3.63, 3.8) is 0 Å². The van der Waals surface area contributed by atoms with Crippen molar-refractivity contribution >= 4 is 46.2 Å². The molecule has 2 heterocycles. The maximum absolute atomic E-state index is 12.7. The highest BCUT2D eigenvalue weighted by molar-refractivity contribution is 7.80. The second-order valence-corrected chi connectivity index (χ2v) is 8.49. The second-order valence-electron chi connectivity index (χ2n) is 7.65. The molecule has 4 nitrogen and oxygen atoms in total. The van der Waals surface area contributed by atoms with E-state index in [4.69, 9.17) is 24.4 Å². The fourth-order valence-corrected chi connectivity index (χ4v) is 6.03. The van der Waals surface area contributed by atoms with Gasteiger partial charge in [0.05, 0.1) is 9.98 Å². The quantitative estimate of drug-likeness (QED) is 0.722. The van der Waals surface area contributed by atoms with Crippen molar-refractivity contribution in [2.45, 2.75) is 51.4 Å². The van der Waals surface area contributed by atoms with Crippen LogP contribution in [-0.2, 0) is 9.59 Å². The summed E-state index contributed by atoms with van der Waals surface area (Å²) in [5, 5.41) is 0. The highest BCUT2D eigenvalue weighted by Gasteiger charge is 2.48. The summed E-state index contributed by atoms with van der Waals surface area (Å²) in [5.74, 6) is 1.06. The molecule has 130 valence electrons. The largest absolute Gasteiger partial charge is 0.304 e. The Balaban J connectivity index is 1.43.